The van der Waals surface area contributed by atoms with Crippen LogP contribution in [0.3, 0.4) is 0 Å². The van der Waals surface area contributed by atoms with E-state index >= 15 is 0 Å². The molecule has 0 saturated carbocycles. The normalized spacial score (nSPS) is 9.32. The molecule has 0 atom stereocenters. The van der Waals surface area contributed by atoms with Gasteiger partial charge in [0.15, 0.2) is 11.4 Å². The third kappa shape index (κ3) is 50.8. The molecule has 698 valence electrons. The van der Waals surface area contributed by atoms with E-state index in [4.69, 9.17) is 18.4 Å². The molecule has 5 heterocycles. The van der Waals surface area contributed by atoms with Crippen LogP contribution >= 0.6 is 21.6 Å². The summed E-state index contributed by atoms with van der Waals surface area (Å²) in [5, 5.41) is 22.6. The average molecular weight is 1930 g/mol. The van der Waals surface area contributed by atoms with E-state index in [2.05, 4.69) is 124 Å². The summed E-state index contributed by atoms with van der Waals surface area (Å²) in [5.74, 6) is 1.26. The van der Waals surface area contributed by atoms with Crippen molar-refractivity contribution in [3.05, 3.63) is 548 Å². The van der Waals surface area contributed by atoms with E-state index in [9.17, 15) is 47.8 Å². The number of non-ortho nitro benzene ring substituents is 2. The van der Waals surface area contributed by atoms with Crippen LogP contribution in [0, 0.1) is 61.5 Å². The number of hydrogen-bond donors (Lipinski definition) is 0. The second-order valence-electron chi connectivity index (χ2n) is 27.5. The molecule has 0 unspecified atom stereocenters. The van der Waals surface area contributed by atoms with Crippen LogP contribution in [0.4, 0.5) is 11.4 Å². The van der Waals surface area contributed by atoms with E-state index in [0.29, 0.717) is 5.78 Å². The van der Waals surface area contributed by atoms with E-state index in [0.717, 1.165) is 117 Å². The molecule has 0 radical (unpaired) electrons. The van der Waals surface area contributed by atoms with Crippen LogP contribution in [-0.2, 0) is 46.1 Å². The summed E-state index contributed by atoms with van der Waals surface area (Å²) < 4.78 is 55.7. The number of rotatable bonds is 17. The van der Waals surface area contributed by atoms with Gasteiger partial charge in [-0.25, -0.2) is 0 Å². The Bertz CT molecular complexity index is 6090. The maximum atomic E-state index is 11.9. The minimum Gasteiger partial charge on any atom is -0.454 e. The Hall–Kier alpha value is -15.9. The van der Waals surface area contributed by atoms with Crippen LogP contribution in [-0.4, -0.2) is 68.6 Å². The van der Waals surface area contributed by atoms with Crippen LogP contribution in [0.25, 0.3) is 44.2 Å². The smallest absolute Gasteiger partial charge is 0.153 e. The topological polar surface area (TPSA) is 325 Å². The number of carbonyl (C=O) groups is 4. The quantitative estimate of drug-likeness (QED) is 0.00940. The van der Waals surface area contributed by atoms with Gasteiger partial charge in [-0.1, -0.05) is 368 Å². The molecule has 0 amide bonds. The number of furan rings is 1. The van der Waals surface area contributed by atoms with Crippen molar-refractivity contribution in [2.24, 2.45) is 4.40 Å². The first-order valence-corrected chi connectivity index (χ1v) is 45.4. The Kier molecular flexibility index (Phi) is 63.8. The molecule has 18 rings (SSSR count). The summed E-state index contributed by atoms with van der Waals surface area (Å²) in [6.07, 6.45) is 16.2. The van der Waals surface area contributed by atoms with Gasteiger partial charge in [0.1, 0.15) is 29.6 Å². The first-order valence-electron chi connectivity index (χ1n) is 41.8. The van der Waals surface area contributed by atoms with Crippen molar-refractivity contribution in [3.63, 3.8) is 0 Å². The van der Waals surface area contributed by atoms with Crippen LogP contribution in [0.15, 0.2) is 485 Å². The van der Waals surface area contributed by atoms with E-state index in [1.165, 1.54) is 45.2 Å². The number of aryl methyl sites for hydroxylation is 2. The maximum absolute atomic E-state index is 11.9. The first-order chi connectivity index (χ1) is 66.4. The van der Waals surface area contributed by atoms with Crippen molar-refractivity contribution in [3.8, 4) is 11.3 Å². The monoisotopic (exact) mass is 1930 g/mol. The van der Waals surface area contributed by atoms with Gasteiger partial charge < -0.3 is 16.6 Å². The Morgan fingerprint density at radius 1 is 0.406 bits per heavy atom. The molecule has 0 N–H and O–H groups in total. The van der Waals surface area contributed by atoms with Crippen LogP contribution in [0.2, 0.25) is 0 Å². The van der Waals surface area contributed by atoms with Crippen LogP contribution < -0.4 is 0 Å². The first kappa shape index (κ1) is 118. The largest absolute Gasteiger partial charge is 0.454 e. The molecule has 0 spiro atoms. The number of hydrogen-bond acceptors (Lipinski definition) is 17. The van der Waals surface area contributed by atoms with Crippen molar-refractivity contribution in [1.29, 1.82) is 0 Å². The van der Waals surface area contributed by atoms with Gasteiger partial charge in [0.2, 0.25) is 0 Å². The fourth-order valence-electron chi connectivity index (χ4n) is 10.7. The van der Waals surface area contributed by atoms with Crippen LogP contribution in [0.1, 0.15) is 92.9 Å². The van der Waals surface area contributed by atoms with Crippen LogP contribution in [0.5, 0.6) is 0 Å². The molecule has 138 heavy (non-hydrogen) atoms. The summed E-state index contributed by atoms with van der Waals surface area (Å²) in [4.78, 5) is 80.5. The van der Waals surface area contributed by atoms with Crippen molar-refractivity contribution >= 4 is 106 Å². The molecule has 0 saturated heterocycles. The molecule has 18 aromatic rings. The Morgan fingerprint density at radius 2 is 0.739 bits per heavy atom. The fourth-order valence-corrected chi connectivity index (χ4v) is 13.5. The van der Waals surface area contributed by atoms with Gasteiger partial charge in [-0.2, -0.15) is 12.8 Å². The maximum Gasteiger partial charge on any atom is 0.153 e. The summed E-state index contributed by atoms with van der Waals surface area (Å²) in [6, 6.07) is 134. The van der Waals surface area contributed by atoms with Crippen molar-refractivity contribution in [1.82, 2.24) is 19.9 Å². The van der Waals surface area contributed by atoms with Gasteiger partial charge in [-0.15, -0.1) is 0 Å². The Labute approximate surface area is 825 Å². The molecular weight excluding hydrogens is 1830 g/mol. The predicted molar refractivity (Wildman–Crippen MR) is 548 cm³/mol. The number of carbonyl (C=O) groups excluding carboxylic acids is 4. The van der Waals surface area contributed by atoms with Gasteiger partial charge >= 0.3 is 33.9 Å². The third-order valence-corrected chi connectivity index (χ3v) is 21.1. The molecule has 0 bridgehead atoms. The van der Waals surface area contributed by atoms with E-state index in [1.807, 2.05) is 311 Å². The summed E-state index contributed by atoms with van der Waals surface area (Å²) in [7, 11) is -0.0254. The summed E-state index contributed by atoms with van der Waals surface area (Å²) >= 11 is 0. The van der Waals surface area contributed by atoms with Crippen molar-refractivity contribution in [2.45, 2.75) is 68.1 Å². The number of Topliss-reactive ketones (excluding diaryl/α,β-unsaturated/α-hetero) is 1. The standard InChI is InChI=1S/C14H13NO2S.C13H9NO.C13H10O.C12H10S2.2C9H7N.C8H8O.C7H6O.C7H14O.C6H4N2O4.C6H6.C5H5N.3CO.CH3.Cr/c1-12-7-9-14(10-8-12)18(16,17)15-11-13-5-3-2-4-6-13;1-2-5-10(6-3-1)13-9-11-12(15-13)7-4-8-14-11;14-13(11-7-3-1-4-8-11)12-9-5-2-6-10-12;1-3-7-11(8-4-1)13-14-12-9-5-2-6-10-12;2*1-2-6-9-8(4-1)5-3-7-10-9;1-7-2-4-8(6-9)5-3-7;8-6-7-4-2-1-3-5-7;1-3-4-5-6-7(2)8;9-7(10)5-1-2-6(4-3-5)8(11)12;2*1-2-4-6-5-3-1;3*1-2;;/h2-11H,1H3;1-9H;2*1-10H;2*1-7H;2-6H,1H3;1-6H;3-6H2,1-2H3;1-4H;1-6H;1-5H;;;;1H3;/q;;;;;;;;;;;;;;;-1;. The van der Waals surface area contributed by atoms with Crippen molar-refractivity contribution in [2.75, 3.05) is 0 Å². The van der Waals surface area contributed by atoms with E-state index in [-0.39, 0.29) is 46.8 Å². The zero-order valence-electron chi connectivity index (χ0n) is 76.4. The second-order valence-corrected chi connectivity index (χ2v) is 31.4. The number of sulfonamides is 1. The number of fused-ring (bicyclic) bond motifs is 3. The number of unbranched alkanes of at least 4 members (excludes halogenated alkanes) is 2. The number of nitro groups is 2. The molecule has 25 heteroatoms. The number of para-hydroxylation sites is 2. The molecule has 13 aromatic carbocycles. The molecule has 0 fully saturated rings. The zero-order chi connectivity index (χ0) is 98.7. The number of benzene rings is 13. The fraction of sp³-hybridized carbons (Fsp3) is 0.0708. The minimum atomic E-state index is -3.61. The second kappa shape index (κ2) is 74.5. The Balaban J connectivity index is 0.000000511. The molecule has 0 aliphatic carbocycles. The number of pyridine rings is 4. The predicted octanol–water partition coefficient (Wildman–Crippen LogP) is 28.2. The molecular formula is C113H102CrN7O14S3-. The summed E-state index contributed by atoms with van der Waals surface area (Å²) in [6.45, 7) is 21.2. The number of nitro benzene ring substituents is 2. The van der Waals surface area contributed by atoms with Gasteiger partial charge in [-0.3, -0.25) is 54.5 Å². The Morgan fingerprint density at radius 3 is 1.09 bits per heavy atom. The number of aldehydes is 2. The minimum absolute atomic E-state index is 0. The third-order valence-electron chi connectivity index (χ3n) is 17.4. The number of ketones is 2. The molecule has 21 nitrogen and oxygen atoms in total. The molecule has 0 aliphatic heterocycles. The number of nitrogens with zero attached hydrogens (tertiary/aromatic N) is 7. The molecule has 5 aromatic heterocycles. The van der Waals surface area contributed by atoms with Gasteiger partial charge in [0.05, 0.1) is 25.8 Å². The van der Waals surface area contributed by atoms with E-state index < -0.39 is 19.9 Å². The van der Waals surface area contributed by atoms with Crippen molar-refractivity contribution < 1.29 is 73.2 Å². The van der Waals surface area contributed by atoms with Gasteiger partial charge in [0, 0.05) is 140 Å². The molecule has 0 aliphatic rings. The van der Waals surface area contributed by atoms with E-state index in [1.54, 1.807) is 95.6 Å². The van der Waals surface area contributed by atoms with Gasteiger partial charge in [-0.05, 0) is 118 Å². The SMILES string of the molecule is CCCCCC(C)=O.Cc1ccc(C=O)cc1.Cc1ccc(S(=O)(=O)N=Cc2ccccc2)cc1.O=C(c1ccccc1)c1ccccc1.O=Cc1ccccc1.O=[N+]([O-])c1ccc([N+](=O)[O-])cc1.[C-]#[O+].[C-]#[O+].[C-]#[O+].[CH3-].[Cr].c1ccc(-c2cc3ncccc3o2)cc1.c1ccc(SSc2ccccc2)cc1.c1ccc2ncccc2c1.c1ccc2ncccc2c1.c1ccccc1.c1ccncc1. The summed E-state index contributed by atoms with van der Waals surface area (Å²) in [5.41, 5.74) is 10.5. The number of aromatic nitrogens is 4. The van der Waals surface area contributed by atoms with Gasteiger partial charge in [0.25, 0.3) is 21.4 Å². The zero-order valence-corrected chi connectivity index (χ0v) is 80.1. The average Bonchev–Trinajstić information content (AvgIpc) is 1.65.